The van der Waals surface area contributed by atoms with Gasteiger partial charge in [-0.15, -0.1) is 0 Å². The van der Waals surface area contributed by atoms with Crippen LogP contribution in [0, 0.1) is 17.6 Å². The molecular weight excluding hydrogens is 250 g/mol. The fourth-order valence-corrected chi connectivity index (χ4v) is 2.64. The lowest BCUT2D eigenvalue weighted by atomic mass is 9.77. The molecule has 0 bridgehead atoms. The Kier molecular flexibility index (Phi) is 4.85. The van der Waals surface area contributed by atoms with Crippen LogP contribution in [0.4, 0.5) is 8.78 Å². The van der Waals surface area contributed by atoms with Crippen molar-refractivity contribution in [2.45, 2.75) is 38.3 Å². The predicted molar refractivity (Wildman–Crippen MR) is 69.2 cm³/mol. The molecule has 0 amide bonds. The Hall–Kier alpha value is -1.04. The van der Waals surface area contributed by atoms with Gasteiger partial charge in [-0.1, -0.05) is 6.07 Å². The van der Waals surface area contributed by atoms with Crippen molar-refractivity contribution in [1.82, 2.24) is 5.43 Å². The fourth-order valence-electron chi connectivity index (χ4n) is 2.64. The Bertz CT molecular complexity index is 422. The lowest BCUT2D eigenvalue weighted by Gasteiger charge is -2.37. The van der Waals surface area contributed by atoms with Crippen molar-refractivity contribution in [3.05, 3.63) is 35.4 Å². The van der Waals surface area contributed by atoms with E-state index in [0.717, 1.165) is 31.9 Å². The zero-order chi connectivity index (χ0) is 13.8. The monoisotopic (exact) mass is 270 g/mol. The first-order chi connectivity index (χ1) is 9.13. The molecule has 1 aliphatic rings. The van der Waals surface area contributed by atoms with Crippen LogP contribution in [-0.4, -0.2) is 12.7 Å². The van der Waals surface area contributed by atoms with E-state index in [1.54, 1.807) is 0 Å². The van der Waals surface area contributed by atoms with Crippen LogP contribution in [0.25, 0.3) is 0 Å². The van der Waals surface area contributed by atoms with Crippen molar-refractivity contribution in [2.24, 2.45) is 11.8 Å². The summed E-state index contributed by atoms with van der Waals surface area (Å²) in [6.07, 6.45) is 3.03. The molecule has 1 aliphatic carbocycles. The number of nitrogens with one attached hydrogen (secondary N) is 1. The number of rotatable bonds is 6. The molecular formula is C14H20F2N2O. The number of halogens is 2. The first-order valence-corrected chi connectivity index (χ1v) is 6.66. The van der Waals surface area contributed by atoms with Crippen LogP contribution in [-0.2, 0) is 4.74 Å². The van der Waals surface area contributed by atoms with Crippen molar-refractivity contribution in [2.75, 3.05) is 6.61 Å². The summed E-state index contributed by atoms with van der Waals surface area (Å²) in [5.41, 5.74) is 3.04. The molecule has 2 rings (SSSR count). The number of benzene rings is 1. The van der Waals surface area contributed by atoms with Gasteiger partial charge in [-0.05, 0) is 38.2 Å². The van der Waals surface area contributed by atoms with Crippen LogP contribution < -0.4 is 11.3 Å². The molecule has 1 atom stereocenters. The minimum atomic E-state index is -0.572. The molecule has 1 saturated carbocycles. The summed E-state index contributed by atoms with van der Waals surface area (Å²) in [5.74, 6) is 4.84. The summed E-state index contributed by atoms with van der Waals surface area (Å²) in [6.45, 7) is 2.70. The first-order valence-electron chi connectivity index (χ1n) is 6.66. The fraction of sp³-hybridized carbons (Fsp3) is 0.571. The molecule has 1 aromatic rings. The molecule has 1 unspecified atom stereocenters. The summed E-state index contributed by atoms with van der Waals surface area (Å²) in [6, 6.07) is 3.32. The highest BCUT2D eigenvalue weighted by molar-refractivity contribution is 5.22. The van der Waals surface area contributed by atoms with E-state index in [2.05, 4.69) is 5.43 Å². The molecule has 5 heteroatoms. The molecule has 19 heavy (non-hydrogen) atoms. The van der Waals surface area contributed by atoms with Gasteiger partial charge in [-0.2, -0.15) is 0 Å². The van der Waals surface area contributed by atoms with E-state index in [0.29, 0.717) is 17.6 Å². The van der Waals surface area contributed by atoms with E-state index in [4.69, 9.17) is 10.6 Å². The van der Waals surface area contributed by atoms with Gasteiger partial charge in [0.1, 0.15) is 11.6 Å². The Morgan fingerprint density at radius 2 is 2.16 bits per heavy atom. The van der Waals surface area contributed by atoms with Gasteiger partial charge in [0.05, 0.1) is 6.10 Å². The average molecular weight is 270 g/mol. The van der Waals surface area contributed by atoms with Crippen LogP contribution >= 0.6 is 0 Å². The highest BCUT2D eigenvalue weighted by Gasteiger charge is 2.32. The summed E-state index contributed by atoms with van der Waals surface area (Å²) in [7, 11) is 0. The second kappa shape index (κ2) is 6.41. The highest BCUT2D eigenvalue weighted by Crippen LogP contribution is 2.37. The van der Waals surface area contributed by atoms with Gasteiger partial charge in [0.15, 0.2) is 0 Å². The third kappa shape index (κ3) is 3.49. The van der Waals surface area contributed by atoms with Crippen molar-refractivity contribution in [3.8, 4) is 0 Å². The van der Waals surface area contributed by atoms with Gasteiger partial charge in [0, 0.05) is 24.3 Å². The molecule has 0 aliphatic heterocycles. The van der Waals surface area contributed by atoms with Crippen molar-refractivity contribution in [1.29, 1.82) is 0 Å². The molecule has 1 fully saturated rings. The topological polar surface area (TPSA) is 47.3 Å². The standard InChI is InChI=1S/C14H20F2N2O/c1-2-19-11-5-9(6-11)7-14(18-17)12-4-3-10(15)8-13(12)16/h3-4,8-9,11,14,18H,2,5-7,17H2,1H3. The van der Waals surface area contributed by atoms with Gasteiger partial charge in [-0.25, -0.2) is 8.78 Å². The maximum atomic E-state index is 13.7. The highest BCUT2D eigenvalue weighted by atomic mass is 19.1. The Morgan fingerprint density at radius 1 is 1.42 bits per heavy atom. The van der Waals surface area contributed by atoms with Crippen molar-refractivity contribution < 1.29 is 13.5 Å². The molecule has 106 valence electrons. The normalized spacial score (nSPS) is 24.0. The second-order valence-electron chi connectivity index (χ2n) is 5.04. The molecule has 0 spiro atoms. The summed E-state index contributed by atoms with van der Waals surface area (Å²) in [4.78, 5) is 0. The Morgan fingerprint density at radius 3 is 2.74 bits per heavy atom. The van der Waals surface area contributed by atoms with Gasteiger partial charge >= 0.3 is 0 Å². The molecule has 3 nitrogen and oxygen atoms in total. The van der Waals surface area contributed by atoms with Crippen LogP contribution in [0.2, 0.25) is 0 Å². The summed E-state index contributed by atoms with van der Waals surface area (Å²) >= 11 is 0. The predicted octanol–water partition coefficient (Wildman–Crippen LogP) is 2.67. The van der Waals surface area contributed by atoms with Crippen LogP contribution in [0.1, 0.15) is 37.8 Å². The van der Waals surface area contributed by atoms with Crippen LogP contribution in [0.3, 0.4) is 0 Å². The van der Waals surface area contributed by atoms with E-state index in [9.17, 15) is 8.78 Å². The maximum absolute atomic E-state index is 13.7. The van der Waals surface area contributed by atoms with E-state index in [1.807, 2.05) is 6.92 Å². The van der Waals surface area contributed by atoms with E-state index < -0.39 is 11.6 Å². The van der Waals surface area contributed by atoms with E-state index in [-0.39, 0.29) is 6.04 Å². The largest absolute Gasteiger partial charge is 0.378 e. The Labute approximate surface area is 112 Å². The third-order valence-electron chi connectivity index (χ3n) is 3.70. The molecule has 0 saturated heterocycles. The molecule has 1 aromatic carbocycles. The molecule has 0 aromatic heterocycles. The van der Waals surface area contributed by atoms with Crippen molar-refractivity contribution in [3.63, 3.8) is 0 Å². The minimum absolute atomic E-state index is 0.284. The SMILES string of the molecule is CCOC1CC(CC(NN)c2ccc(F)cc2F)C1. The maximum Gasteiger partial charge on any atom is 0.130 e. The zero-order valence-corrected chi connectivity index (χ0v) is 11.0. The van der Waals surface area contributed by atoms with E-state index in [1.165, 1.54) is 12.1 Å². The zero-order valence-electron chi connectivity index (χ0n) is 11.0. The van der Waals surface area contributed by atoms with Crippen LogP contribution in [0.5, 0.6) is 0 Å². The smallest absolute Gasteiger partial charge is 0.130 e. The van der Waals surface area contributed by atoms with Gasteiger partial charge in [0.25, 0.3) is 0 Å². The number of nitrogens with two attached hydrogens (primary N) is 1. The van der Waals surface area contributed by atoms with Crippen molar-refractivity contribution >= 4 is 0 Å². The van der Waals surface area contributed by atoms with Gasteiger partial charge in [0.2, 0.25) is 0 Å². The first kappa shape index (κ1) is 14.4. The molecule has 0 radical (unpaired) electrons. The quantitative estimate of drug-likeness (QED) is 0.617. The summed E-state index contributed by atoms with van der Waals surface area (Å²) < 4.78 is 32.1. The average Bonchev–Trinajstić information content (AvgIpc) is 2.33. The lowest BCUT2D eigenvalue weighted by Crippen LogP contribution is -2.37. The van der Waals surface area contributed by atoms with E-state index >= 15 is 0 Å². The van der Waals surface area contributed by atoms with Gasteiger partial charge < -0.3 is 4.74 Å². The molecule has 3 N–H and O–H groups in total. The number of hydrogen-bond donors (Lipinski definition) is 2. The van der Waals surface area contributed by atoms with Crippen LogP contribution in [0.15, 0.2) is 18.2 Å². The number of ether oxygens (including phenoxy) is 1. The Balaban J connectivity index is 1.94. The van der Waals surface area contributed by atoms with Gasteiger partial charge in [-0.3, -0.25) is 11.3 Å². The number of hydrogen-bond acceptors (Lipinski definition) is 3. The third-order valence-corrected chi connectivity index (χ3v) is 3.70. The summed E-state index contributed by atoms with van der Waals surface area (Å²) in [5, 5.41) is 0. The lowest BCUT2D eigenvalue weighted by molar-refractivity contribution is -0.0292. The minimum Gasteiger partial charge on any atom is -0.378 e. The molecule has 0 heterocycles. The number of hydrazine groups is 1. The second-order valence-corrected chi connectivity index (χ2v) is 5.04.